The van der Waals surface area contributed by atoms with Crippen molar-refractivity contribution in [3.63, 3.8) is 0 Å². The smallest absolute Gasteiger partial charge is 0.322 e. The van der Waals surface area contributed by atoms with E-state index in [2.05, 4.69) is 57.8 Å². The average molecular weight is 1090 g/mol. The number of carboxylic acids is 3. The molecule has 0 aromatic heterocycles. The van der Waals surface area contributed by atoms with Crippen molar-refractivity contribution in [2.24, 2.45) is 50.5 Å². The van der Waals surface area contributed by atoms with Gasteiger partial charge in [0, 0.05) is 13.1 Å². The summed E-state index contributed by atoms with van der Waals surface area (Å²) >= 11 is 0. The number of carbonyl (C=O) groups is 13. The van der Waals surface area contributed by atoms with Crippen LogP contribution < -0.4 is 81.8 Å². The summed E-state index contributed by atoms with van der Waals surface area (Å²) in [6, 6.07) is -10.6. The zero-order valence-corrected chi connectivity index (χ0v) is 43.0. The van der Waals surface area contributed by atoms with Crippen LogP contribution in [0.15, 0.2) is 9.98 Å². The molecule has 0 spiro atoms. The van der Waals surface area contributed by atoms with Crippen LogP contribution in [0.25, 0.3) is 0 Å². The lowest BCUT2D eigenvalue weighted by molar-refractivity contribution is -0.142. The van der Waals surface area contributed by atoms with E-state index >= 15 is 0 Å². The van der Waals surface area contributed by atoms with Crippen LogP contribution in [-0.4, -0.2) is 186 Å². The minimum atomic E-state index is -1.90. The number of aliphatic imine (C=N–C) groups is 2. The minimum Gasteiger partial charge on any atom is -0.481 e. The lowest BCUT2D eigenvalue weighted by atomic mass is 10.0. The Labute approximate surface area is 437 Å². The van der Waals surface area contributed by atoms with Crippen molar-refractivity contribution in [2.45, 2.75) is 128 Å². The topological polar surface area (TPSA) is 558 Å². The van der Waals surface area contributed by atoms with Crippen LogP contribution in [0.5, 0.6) is 0 Å². The SMILES string of the molecule is CC(C)C[C@H](NC(=O)[C@H](C)NC(=O)[C@H](CC(=O)O)NC(=O)[C@H](CC(C)C)NC(=O)[C@H](CC(=O)O)NC(=O)CNC(=O)[C@@H](N)CCCN=C(N)N)C(=O)N[C@@H](CCCN=C(N)N)C(=O)NCC(=O)NCC(=O)NCC(=O)O. The molecule has 0 aliphatic rings. The fourth-order valence-corrected chi connectivity index (χ4v) is 6.40. The van der Waals surface area contributed by atoms with Gasteiger partial charge >= 0.3 is 17.9 Å². The number of hydrogen-bond acceptors (Lipinski definition) is 16. The maximum atomic E-state index is 13.7. The van der Waals surface area contributed by atoms with E-state index in [1.165, 1.54) is 6.92 Å². The maximum absolute atomic E-state index is 13.7. The number of amides is 10. The highest BCUT2D eigenvalue weighted by Crippen LogP contribution is 2.10. The van der Waals surface area contributed by atoms with Crippen LogP contribution in [0, 0.1) is 11.8 Å². The molecule has 0 aliphatic heterocycles. The first kappa shape index (κ1) is 67.6. The normalized spacial score (nSPS) is 13.5. The fourth-order valence-electron chi connectivity index (χ4n) is 6.40. The molecule has 0 bridgehead atoms. The molecule has 0 saturated heterocycles. The van der Waals surface area contributed by atoms with Gasteiger partial charge in [0.15, 0.2) is 11.9 Å². The van der Waals surface area contributed by atoms with Crippen LogP contribution in [0.4, 0.5) is 0 Å². The Hall–Kier alpha value is -8.39. The zero-order chi connectivity index (χ0) is 58.2. The summed E-state index contributed by atoms with van der Waals surface area (Å²) in [6.07, 6.45) is -1.74. The Morgan fingerprint density at radius 3 is 1.26 bits per heavy atom. The Morgan fingerprint density at radius 2 is 0.789 bits per heavy atom. The first-order chi connectivity index (χ1) is 35.4. The molecule has 23 N–H and O–H groups in total. The number of nitrogens with zero attached hydrogens (tertiary/aromatic N) is 2. The summed E-state index contributed by atoms with van der Waals surface area (Å²) in [5.41, 5.74) is 27.1. The standard InChI is InChI=1S/C43H75N17O16/c1-20(2)12-25(39(74)57-24(9-7-11-50-43(47)48)37(72)54-17-30(62)51-16-29(61)52-19-34(68)69)58-35(70)22(5)55-38(73)28(15-33(66)67)60-40(75)26(13-21(3)4)59-41(76)27(14-32(64)65)56-31(63)18-53-36(71)23(44)8-6-10-49-42(45)46/h20-28H,6-19,44H2,1-5H3,(H,51,62)(H,52,61)(H,53,71)(H,54,72)(H,55,73)(H,56,63)(H,57,74)(H,58,70)(H,59,76)(H,60,75)(H,64,65)(H,66,67)(H,68,69)(H4,45,46,49)(H4,47,48,50)/t22-,23-,24-,25-,26-,27-,28-/m0/s1. The molecule has 10 amide bonds. The van der Waals surface area contributed by atoms with Gasteiger partial charge in [0.25, 0.3) is 0 Å². The summed E-state index contributed by atoms with van der Waals surface area (Å²) < 4.78 is 0. The van der Waals surface area contributed by atoms with Crippen LogP contribution in [0.2, 0.25) is 0 Å². The van der Waals surface area contributed by atoms with Gasteiger partial charge < -0.3 is 97.2 Å². The molecule has 0 rings (SSSR count). The number of hydrogen-bond donors (Lipinski definition) is 18. The molecular weight excluding hydrogens is 1010 g/mol. The van der Waals surface area contributed by atoms with E-state index in [9.17, 15) is 72.5 Å². The van der Waals surface area contributed by atoms with Crippen molar-refractivity contribution >= 4 is 88.9 Å². The van der Waals surface area contributed by atoms with Gasteiger partial charge in [-0.2, -0.15) is 0 Å². The molecule has 0 aliphatic carbocycles. The Morgan fingerprint density at radius 1 is 0.408 bits per heavy atom. The van der Waals surface area contributed by atoms with E-state index in [1.807, 2.05) is 5.32 Å². The third-order valence-corrected chi connectivity index (χ3v) is 10.1. The molecule has 0 aromatic carbocycles. The number of carbonyl (C=O) groups excluding carboxylic acids is 10. The number of nitrogens with one attached hydrogen (secondary N) is 10. The van der Waals surface area contributed by atoms with Gasteiger partial charge in [-0.1, -0.05) is 27.7 Å². The van der Waals surface area contributed by atoms with E-state index in [-0.39, 0.29) is 68.9 Å². The number of carboxylic acid groups (broad SMARTS) is 3. The van der Waals surface area contributed by atoms with Crippen molar-refractivity contribution < 1.29 is 77.6 Å². The fraction of sp³-hybridized carbons (Fsp3) is 0.651. The van der Waals surface area contributed by atoms with E-state index in [0.717, 1.165) is 0 Å². The number of aliphatic carboxylic acids is 3. The predicted molar refractivity (Wildman–Crippen MR) is 268 cm³/mol. The Balaban J connectivity index is 6.12. The molecule has 7 atom stereocenters. The van der Waals surface area contributed by atoms with Gasteiger partial charge in [-0.25, -0.2) is 0 Å². The van der Waals surface area contributed by atoms with Gasteiger partial charge in [0.1, 0.15) is 42.8 Å². The highest BCUT2D eigenvalue weighted by Gasteiger charge is 2.34. The van der Waals surface area contributed by atoms with E-state index in [0.29, 0.717) is 6.42 Å². The van der Waals surface area contributed by atoms with E-state index in [1.54, 1.807) is 27.7 Å². The summed E-state index contributed by atoms with van der Waals surface area (Å²) in [5, 5.41) is 50.6. The molecule has 0 fully saturated rings. The van der Waals surface area contributed by atoms with Gasteiger partial charge in [0.05, 0.1) is 38.5 Å². The largest absolute Gasteiger partial charge is 0.481 e. The summed E-state index contributed by atoms with van der Waals surface area (Å²) in [4.78, 5) is 172. The van der Waals surface area contributed by atoms with Crippen LogP contribution in [0.3, 0.4) is 0 Å². The third-order valence-electron chi connectivity index (χ3n) is 10.1. The summed E-state index contributed by atoms with van der Waals surface area (Å²) in [6.45, 7) is 5.35. The number of rotatable bonds is 37. The van der Waals surface area contributed by atoms with Crippen LogP contribution >= 0.6 is 0 Å². The average Bonchev–Trinajstić information content (AvgIpc) is 3.31. The van der Waals surface area contributed by atoms with Crippen LogP contribution in [-0.2, 0) is 62.3 Å². The molecular formula is C43H75N17O16. The second-order valence-corrected chi connectivity index (χ2v) is 17.9. The second-order valence-electron chi connectivity index (χ2n) is 17.9. The lowest BCUT2D eigenvalue weighted by Gasteiger charge is -2.27. The van der Waals surface area contributed by atoms with E-state index < -0.39 is 158 Å². The van der Waals surface area contributed by atoms with Crippen molar-refractivity contribution in [3.05, 3.63) is 0 Å². The molecule has 33 heteroatoms. The van der Waals surface area contributed by atoms with E-state index in [4.69, 9.17) is 33.8 Å². The Bertz CT molecular complexity index is 2110. The van der Waals surface area contributed by atoms with Gasteiger partial charge in [-0.15, -0.1) is 0 Å². The first-order valence-corrected chi connectivity index (χ1v) is 23.8. The number of guanidine groups is 2. The Kier molecular flexibility index (Phi) is 31.8. The monoisotopic (exact) mass is 1090 g/mol. The molecule has 428 valence electrons. The first-order valence-electron chi connectivity index (χ1n) is 23.8. The van der Waals surface area contributed by atoms with Crippen molar-refractivity contribution in [2.75, 3.05) is 39.3 Å². The highest BCUT2D eigenvalue weighted by atomic mass is 16.4. The molecule has 33 nitrogen and oxygen atoms in total. The minimum absolute atomic E-state index is 0.0206. The molecule has 76 heavy (non-hydrogen) atoms. The molecule has 0 saturated carbocycles. The lowest BCUT2D eigenvalue weighted by Crippen LogP contribution is -2.60. The molecule has 0 radical (unpaired) electrons. The van der Waals surface area contributed by atoms with Gasteiger partial charge in [0.2, 0.25) is 59.1 Å². The van der Waals surface area contributed by atoms with Gasteiger partial charge in [-0.3, -0.25) is 72.3 Å². The molecule has 0 heterocycles. The summed E-state index contributed by atoms with van der Waals surface area (Å²) in [7, 11) is 0. The third kappa shape index (κ3) is 31.3. The van der Waals surface area contributed by atoms with Crippen molar-refractivity contribution in [3.8, 4) is 0 Å². The number of nitrogens with two attached hydrogens (primary N) is 5. The summed E-state index contributed by atoms with van der Waals surface area (Å²) in [5.74, 6) is -15.2. The molecule has 0 unspecified atom stereocenters. The van der Waals surface area contributed by atoms with Crippen molar-refractivity contribution in [1.29, 1.82) is 0 Å². The predicted octanol–water partition coefficient (Wildman–Crippen LogP) is -8.06. The highest BCUT2D eigenvalue weighted by molar-refractivity contribution is 5.99. The van der Waals surface area contributed by atoms with Gasteiger partial charge in [-0.05, 0) is 57.3 Å². The second kappa shape index (κ2) is 35.7. The van der Waals surface area contributed by atoms with Crippen molar-refractivity contribution in [1.82, 2.24) is 53.2 Å². The maximum Gasteiger partial charge on any atom is 0.322 e. The molecule has 0 aromatic rings. The quantitative estimate of drug-likeness (QED) is 0.0156. The zero-order valence-electron chi connectivity index (χ0n) is 43.0. The van der Waals surface area contributed by atoms with Crippen LogP contribution in [0.1, 0.15) is 86.0 Å².